The summed E-state index contributed by atoms with van der Waals surface area (Å²) in [6, 6.07) is 1.72. The number of thiophene rings is 1. The van der Waals surface area contributed by atoms with Gasteiger partial charge in [-0.25, -0.2) is 0 Å². The molecule has 0 saturated heterocycles. The van der Waals surface area contributed by atoms with Gasteiger partial charge in [-0.2, -0.15) is 0 Å². The first-order valence-electron chi connectivity index (χ1n) is 3.47. The molecule has 1 heterocycles. The number of anilines is 1. The Balaban J connectivity index is 2.65. The lowest BCUT2D eigenvalue weighted by Crippen LogP contribution is -2.22. The fourth-order valence-corrected chi connectivity index (χ4v) is 1.48. The molecular formula is C8H10N2OS. The van der Waals surface area contributed by atoms with Crippen molar-refractivity contribution in [3.63, 3.8) is 0 Å². The third kappa shape index (κ3) is 1.85. The predicted molar refractivity (Wildman–Crippen MR) is 51.3 cm³/mol. The number of hydrogen-bond donors (Lipinski definition) is 2. The van der Waals surface area contributed by atoms with Crippen molar-refractivity contribution in [1.82, 2.24) is 5.32 Å². The molecule has 0 bridgehead atoms. The highest BCUT2D eigenvalue weighted by Crippen LogP contribution is 2.17. The van der Waals surface area contributed by atoms with E-state index in [-0.39, 0.29) is 5.91 Å². The summed E-state index contributed by atoms with van der Waals surface area (Å²) in [5, 5.41) is 4.44. The van der Waals surface area contributed by atoms with E-state index in [9.17, 15) is 4.79 Å². The molecule has 0 aliphatic rings. The van der Waals surface area contributed by atoms with Crippen molar-refractivity contribution in [2.24, 2.45) is 0 Å². The number of carbonyl (C=O) groups excluding carboxylic acids is 1. The van der Waals surface area contributed by atoms with E-state index < -0.39 is 0 Å². The second kappa shape index (κ2) is 3.92. The molecule has 0 aromatic carbocycles. The Kier molecular flexibility index (Phi) is 2.88. The maximum absolute atomic E-state index is 11.3. The summed E-state index contributed by atoms with van der Waals surface area (Å²) in [5.41, 5.74) is 6.07. The van der Waals surface area contributed by atoms with E-state index in [1.807, 2.05) is 0 Å². The highest BCUT2D eigenvalue weighted by atomic mass is 32.1. The van der Waals surface area contributed by atoms with Gasteiger partial charge in [0, 0.05) is 6.54 Å². The molecule has 3 nitrogen and oxygen atoms in total. The van der Waals surface area contributed by atoms with Crippen LogP contribution in [-0.2, 0) is 0 Å². The first-order valence-corrected chi connectivity index (χ1v) is 4.35. The van der Waals surface area contributed by atoms with Crippen LogP contribution in [0.5, 0.6) is 0 Å². The molecule has 0 unspecified atom stereocenters. The monoisotopic (exact) mass is 182 g/mol. The van der Waals surface area contributed by atoms with Crippen LogP contribution in [0.2, 0.25) is 0 Å². The molecule has 0 aliphatic heterocycles. The largest absolute Gasteiger partial charge is 0.397 e. The third-order valence-electron chi connectivity index (χ3n) is 1.31. The van der Waals surface area contributed by atoms with Gasteiger partial charge in [0.25, 0.3) is 5.91 Å². The first kappa shape index (κ1) is 8.80. The third-order valence-corrected chi connectivity index (χ3v) is 2.24. The second-order valence-electron chi connectivity index (χ2n) is 2.20. The van der Waals surface area contributed by atoms with Crippen molar-refractivity contribution >= 4 is 22.9 Å². The maximum atomic E-state index is 11.3. The highest BCUT2D eigenvalue weighted by Gasteiger charge is 2.08. The summed E-state index contributed by atoms with van der Waals surface area (Å²) >= 11 is 1.34. The van der Waals surface area contributed by atoms with Crippen LogP contribution in [0.25, 0.3) is 0 Å². The molecule has 0 atom stereocenters. The molecule has 1 aromatic heterocycles. The van der Waals surface area contributed by atoms with Crippen molar-refractivity contribution in [3.8, 4) is 0 Å². The van der Waals surface area contributed by atoms with Crippen LogP contribution in [-0.4, -0.2) is 12.5 Å². The SMILES string of the molecule is C=CCNC(=O)c1sccc1N. The van der Waals surface area contributed by atoms with Gasteiger partial charge in [-0.1, -0.05) is 6.08 Å². The highest BCUT2D eigenvalue weighted by molar-refractivity contribution is 7.12. The summed E-state index contributed by atoms with van der Waals surface area (Å²) in [6.07, 6.45) is 1.63. The lowest BCUT2D eigenvalue weighted by molar-refractivity contribution is 0.0963. The Hall–Kier alpha value is -1.29. The molecule has 1 rings (SSSR count). The Labute approximate surface area is 74.9 Å². The van der Waals surface area contributed by atoms with E-state index in [4.69, 9.17) is 5.73 Å². The molecule has 4 heteroatoms. The van der Waals surface area contributed by atoms with Crippen LogP contribution >= 0.6 is 11.3 Å². The first-order chi connectivity index (χ1) is 5.75. The molecule has 0 fully saturated rings. The molecule has 12 heavy (non-hydrogen) atoms. The predicted octanol–water partition coefficient (Wildman–Crippen LogP) is 1.25. The van der Waals surface area contributed by atoms with Crippen LogP contribution < -0.4 is 11.1 Å². The quantitative estimate of drug-likeness (QED) is 0.691. The Morgan fingerprint density at radius 3 is 3.08 bits per heavy atom. The zero-order chi connectivity index (χ0) is 8.97. The average Bonchev–Trinajstić information content (AvgIpc) is 2.47. The molecule has 0 aliphatic carbocycles. The van der Waals surface area contributed by atoms with E-state index in [1.54, 1.807) is 17.5 Å². The van der Waals surface area contributed by atoms with Crippen molar-refractivity contribution in [3.05, 3.63) is 29.0 Å². The number of rotatable bonds is 3. The van der Waals surface area contributed by atoms with Crippen LogP contribution in [0.4, 0.5) is 5.69 Å². The zero-order valence-corrected chi connectivity index (χ0v) is 7.36. The molecule has 1 aromatic rings. The average molecular weight is 182 g/mol. The van der Waals surface area contributed by atoms with Gasteiger partial charge in [-0.05, 0) is 11.4 Å². The molecule has 0 spiro atoms. The standard InChI is InChI=1S/C8H10N2OS/c1-2-4-10-8(11)7-6(9)3-5-12-7/h2-3,5H,1,4,9H2,(H,10,11). The van der Waals surface area contributed by atoms with Gasteiger partial charge in [0.2, 0.25) is 0 Å². The number of nitrogens with one attached hydrogen (secondary N) is 1. The van der Waals surface area contributed by atoms with E-state index in [0.717, 1.165) is 0 Å². The van der Waals surface area contributed by atoms with Gasteiger partial charge < -0.3 is 11.1 Å². The van der Waals surface area contributed by atoms with Crippen LogP contribution in [0.1, 0.15) is 9.67 Å². The van der Waals surface area contributed by atoms with Gasteiger partial charge in [0.05, 0.1) is 5.69 Å². The molecular weight excluding hydrogens is 172 g/mol. The van der Waals surface area contributed by atoms with Gasteiger partial charge in [-0.15, -0.1) is 17.9 Å². The van der Waals surface area contributed by atoms with Crippen molar-refractivity contribution in [1.29, 1.82) is 0 Å². The summed E-state index contributed by atoms with van der Waals surface area (Å²) in [4.78, 5) is 11.8. The van der Waals surface area contributed by atoms with E-state index in [1.165, 1.54) is 11.3 Å². The Bertz CT molecular complexity index is 293. The zero-order valence-electron chi connectivity index (χ0n) is 6.54. The number of amides is 1. The van der Waals surface area contributed by atoms with Gasteiger partial charge in [0.1, 0.15) is 4.88 Å². The molecule has 64 valence electrons. The van der Waals surface area contributed by atoms with Gasteiger partial charge >= 0.3 is 0 Å². The maximum Gasteiger partial charge on any atom is 0.263 e. The van der Waals surface area contributed by atoms with Crippen LogP contribution in [0, 0.1) is 0 Å². The summed E-state index contributed by atoms with van der Waals surface area (Å²) in [6.45, 7) is 3.96. The molecule has 1 amide bonds. The summed E-state index contributed by atoms with van der Waals surface area (Å²) in [7, 11) is 0. The lowest BCUT2D eigenvalue weighted by atomic mass is 10.4. The molecule has 3 N–H and O–H groups in total. The Morgan fingerprint density at radius 2 is 2.58 bits per heavy atom. The summed E-state index contributed by atoms with van der Waals surface area (Å²) in [5.74, 6) is -0.137. The van der Waals surface area contributed by atoms with E-state index in [0.29, 0.717) is 17.1 Å². The summed E-state index contributed by atoms with van der Waals surface area (Å²) < 4.78 is 0. The van der Waals surface area contributed by atoms with Crippen LogP contribution in [0.3, 0.4) is 0 Å². The number of hydrogen-bond acceptors (Lipinski definition) is 3. The number of nitrogens with two attached hydrogens (primary N) is 1. The van der Waals surface area contributed by atoms with Crippen LogP contribution in [0.15, 0.2) is 24.1 Å². The smallest absolute Gasteiger partial charge is 0.263 e. The fraction of sp³-hybridized carbons (Fsp3) is 0.125. The minimum atomic E-state index is -0.137. The Morgan fingerprint density at radius 1 is 1.83 bits per heavy atom. The van der Waals surface area contributed by atoms with E-state index >= 15 is 0 Å². The lowest BCUT2D eigenvalue weighted by Gasteiger charge is -1.99. The molecule has 0 saturated carbocycles. The molecule has 0 radical (unpaired) electrons. The number of carbonyl (C=O) groups is 1. The normalized spacial score (nSPS) is 9.33. The minimum absolute atomic E-state index is 0.137. The van der Waals surface area contributed by atoms with Crippen molar-refractivity contribution < 1.29 is 4.79 Å². The second-order valence-corrected chi connectivity index (χ2v) is 3.12. The fourth-order valence-electron chi connectivity index (χ4n) is 0.749. The van der Waals surface area contributed by atoms with Gasteiger partial charge in [0.15, 0.2) is 0 Å². The van der Waals surface area contributed by atoms with Crippen molar-refractivity contribution in [2.45, 2.75) is 0 Å². The van der Waals surface area contributed by atoms with E-state index in [2.05, 4.69) is 11.9 Å². The number of nitrogen functional groups attached to an aromatic ring is 1. The van der Waals surface area contributed by atoms with Gasteiger partial charge in [-0.3, -0.25) is 4.79 Å². The van der Waals surface area contributed by atoms with Crippen molar-refractivity contribution in [2.75, 3.05) is 12.3 Å². The minimum Gasteiger partial charge on any atom is -0.397 e. The topological polar surface area (TPSA) is 55.1 Å².